The Balaban J connectivity index is 2.03. The number of hydrogen-bond donors (Lipinski definition) is 1. The lowest BCUT2D eigenvalue weighted by atomic mass is 10.1. The summed E-state index contributed by atoms with van der Waals surface area (Å²) in [7, 11) is -4.29. The molecule has 3 aromatic rings. The highest BCUT2D eigenvalue weighted by Crippen LogP contribution is 2.27. The van der Waals surface area contributed by atoms with Crippen molar-refractivity contribution in [2.24, 2.45) is 0 Å². The van der Waals surface area contributed by atoms with Gasteiger partial charge >= 0.3 is 0 Å². The molecule has 0 fully saturated rings. The van der Waals surface area contributed by atoms with Crippen molar-refractivity contribution in [3.63, 3.8) is 0 Å². The number of amides is 2. The van der Waals surface area contributed by atoms with Crippen molar-refractivity contribution in [1.82, 2.24) is 10.2 Å². The largest absolute Gasteiger partial charge is 0.494 e. The molecule has 0 heterocycles. The van der Waals surface area contributed by atoms with Crippen LogP contribution in [0.15, 0.2) is 77.7 Å². The second-order valence-electron chi connectivity index (χ2n) is 9.74. The van der Waals surface area contributed by atoms with Gasteiger partial charge in [-0.25, -0.2) is 12.8 Å². The maximum Gasteiger partial charge on any atom is 0.264 e. The number of carbonyl (C=O) groups is 2. The molecule has 1 N–H and O–H groups in total. The highest BCUT2D eigenvalue weighted by atomic mass is 32.2. The second-order valence-corrected chi connectivity index (χ2v) is 11.6. The lowest BCUT2D eigenvalue weighted by Crippen LogP contribution is -2.52. The van der Waals surface area contributed by atoms with Crippen molar-refractivity contribution in [2.45, 2.75) is 58.1 Å². The van der Waals surface area contributed by atoms with Crippen LogP contribution in [-0.2, 0) is 26.2 Å². The Morgan fingerprint density at radius 3 is 2.20 bits per heavy atom. The van der Waals surface area contributed by atoms with E-state index in [1.165, 1.54) is 4.90 Å². The molecule has 0 bridgehead atoms. The number of aryl methyl sites for hydroxylation is 1. The van der Waals surface area contributed by atoms with Crippen LogP contribution in [0, 0.1) is 12.7 Å². The molecule has 0 aliphatic rings. The Morgan fingerprint density at radius 1 is 0.975 bits per heavy atom. The summed E-state index contributed by atoms with van der Waals surface area (Å²) in [5.41, 5.74) is 2.00. The smallest absolute Gasteiger partial charge is 0.264 e. The minimum Gasteiger partial charge on any atom is -0.494 e. The van der Waals surface area contributed by atoms with Gasteiger partial charge in [-0.1, -0.05) is 29.8 Å². The molecule has 0 radical (unpaired) electrons. The lowest BCUT2D eigenvalue weighted by molar-refractivity contribution is -0.139. The molecule has 0 spiro atoms. The van der Waals surface area contributed by atoms with Crippen molar-refractivity contribution < 1.29 is 27.1 Å². The average Bonchev–Trinajstić information content (AvgIpc) is 2.90. The van der Waals surface area contributed by atoms with Gasteiger partial charge in [0, 0.05) is 12.6 Å². The number of nitrogens with one attached hydrogen (secondary N) is 1. The van der Waals surface area contributed by atoms with Crippen LogP contribution in [0.4, 0.5) is 10.1 Å². The molecule has 10 heteroatoms. The Kier molecular flexibility index (Phi) is 10.3. The van der Waals surface area contributed by atoms with Gasteiger partial charge in [-0.3, -0.25) is 13.9 Å². The zero-order valence-electron chi connectivity index (χ0n) is 23.4. The van der Waals surface area contributed by atoms with Crippen LogP contribution in [0.25, 0.3) is 0 Å². The molecule has 214 valence electrons. The fraction of sp³-hybridized carbons (Fsp3) is 0.333. The van der Waals surface area contributed by atoms with E-state index in [1.807, 2.05) is 52.0 Å². The predicted octanol–water partition coefficient (Wildman–Crippen LogP) is 4.67. The van der Waals surface area contributed by atoms with Gasteiger partial charge in [0.15, 0.2) is 0 Å². The number of anilines is 1. The summed E-state index contributed by atoms with van der Waals surface area (Å²) in [5, 5.41) is 2.83. The van der Waals surface area contributed by atoms with Gasteiger partial charge in [-0.05, 0) is 88.7 Å². The van der Waals surface area contributed by atoms with Gasteiger partial charge in [0.2, 0.25) is 11.8 Å². The maximum absolute atomic E-state index is 13.9. The van der Waals surface area contributed by atoms with Crippen LogP contribution in [0.3, 0.4) is 0 Å². The van der Waals surface area contributed by atoms with Gasteiger partial charge in [-0.15, -0.1) is 0 Å². The van der Waals surface area contributed by atoms with E-state index in [2.05, 4.69) is 5.32 Å². The average molecular weight is 570 g/mol. The summed E-state index contributed by atoms with van der Waals surface area (Å²) in [6.45, 7) is 8.95. The first-order valence-corrected chi connectivity index (χ1v) is 14.5. The van der Waals surface area contributed by atoms with Crippen LogP contribution in [0.1, 0.15) is 38.8 Å². The number of benzene rings is 3. The van der Waals surface area contributed by atoms with Crippen molar-refractivity contribution >= 4 is 27.5 Å². The maximum atomic E-state index is 13.9. The molecule has 8 nitrogen and oxygen atoms in total. The molecule has 2 amide bonds. The molecular formula is C30H36FN3O5S. The summed E-state index contributed by atoms with van der Waals surface area (Å²) in [6.07, 6.45) is 0. The third kappa shape index (κ3) is 7.81. The molecule has 0 aromatic heterocycles. The molecule has 0 unspecified atom stereocenters. The summed E-state index contributed by atoms with van der Waals surface area (Å²) in [6, 6.07) is 17.2. The Bertz CT molecular complexity index is 1410. The molecule has 0 aliphatic carbocycles. The molecule has 3 aromatic carbocycles. The van der Waals surface area contributed by atoms with Gasteiger partial charge in [0.1, 0.15) is 24.2 Å². The van der Waals surface area contributed by atoms with Gasteiger partial charge < -0.3 is 15.0 Å². The molecule has 0 saturated heterocycles. The fourth-order valence-electron chi connectivity index (χ4n) is 4.13. The summed E-state index contributed by atoms with van der Waals surface area (Å²) in [5.74, 6) is -0.980. The highest BCUT2D eigenvalue weighted by molar-refractivity contribution is 7.92. The van der Waals surface area contributed by atoms with E-state index in [1.54, 1.807) is 31.2 Å². The number of rotatable bonds is 12. The van der Waals surface area contributed by atoms with E-state index >= 15 is 0 Å². The van der Waals surface area contributed by atoms with Crippen LogP contribution in [-0.4, -0.2) is 50.4 Å². The number of ether oxygens (including phenoxy) is 1. The van der Waals surface area contributed by atoms with E-state index in [4.69, 9.17) is 4.74 Å². The van der Waals surface area contributed by atoms with Crippen molar-refractivity contribution in [3.8, 4) is 5.75 Å². The van der Waals surface area contributed by atoms with Crippen molar-refractivity contribution in [1.29, 1.82) is 0 Å². The summed E-state index contributed by atoms with van der Waals surface area (Å²) >= 11 is 0. The summed E-state index contributed by atoms with van der Waals surface area (Å²) < 4.78 is 47.6. The van der Waals surface area contributed by atoms with E-state index in [-0.39, 0.29) is 29.1 Å². The van der Waals surface area contributed by atoms with Crippen LogP contribution in [0.5, 0.6) is 5.75 Å². The normalized spacial score (nSPS) is 12.1. The zero-order chi connectivity index (χ0) is 29.4. The number of hydrogen-bond acceptors (Lipinski definition) is 5. The van der Waals surface area contributed by atoms with Gasteiger partial charge in [-0.2, -0.15) is 0 Å². The summed E-state index contributed by atoms with van der Waals surface area (Å²) in [4.78, 5) is 28.1. The Hall–Kier alpha value is -3.92. The highest BCUT2D eigenvalue weighted by Gasteiger charge is 2.32. The van der Waals surface area contributed by atoms with E-state index in [0.29, 0.717) is 12.4 Å². The zero-order valence-corrected chi connectivity index (χ0v) is 24.2. The standard InChI is InChI=1S/C30H36FN3O5S/c1-6-39-27-14-12-26(13-15-27)34(40(37,38)28-16-10-25(31)11-17-28)20-29(35)33(23(5)30(36)32-21(2)3)19-24-9-7-8-22(4)18-24/h7-18,21,23H,6,19-20H2,1-5H3,(H,32,36)/t23-/m0/s1. The molecular weight excluding hydrogens is 533 g/mol. The molecule has 0 saturated carbocycles. The molecule has 1 atom stereocenters. The van der Waals surface area contributed by atoms with E-state index in [9.17, 15) is 22.4 Å². The van der Waals surface area contributed by atoms with Crippen LogP contribution in [0.2, 0.25) is 0 Å². The molecule has 3 rings (SSSR count). The lowest BCUT2D eigenvalue weighted by Gasteiger charge is -2.32. The van der Waals surface area contributed by atoms with Gasteiger partial charge in [0.25, 0.3) is 10.0 Å². The predicted molar refractivity (Wildman–Crippen MR) is 153 cm³/mol. The number of nitrogens with zero attached hydrogens (tertiary/aromatic N) is 2. The Morgan fingerprint density at radius 2 is 1.62 bits per heavy atom. The number of carbonyl (C=O) groups excluding carboxylic acids is 2. The third-order valence-corrected chi connectivity index (χ3v) is 7.94. The topological polar surface area (TPSA) is 96.0 Å². The quantitative estimate of drug-likeness (QED) is 0.342. The fourth-order valence-corrected chi connectivity index (χ4v) is 5.55. The minimum atomic E-state index is -4.29. The van der Waals surface area contributed by atoms with Crippen molar-refractivity contribution in [3.05, 3.63) is 89.7 Å². The second kappa shape index (κ2) is 13.4. The number of sulfonamides is 1. The third-order valence-electron chi connectivity index (χ3n) is 6.15. The first kappa shape index (κ1) is 30.6. The van der Waals surface area contributed by atoms with Crippen molar-refractivity contribution in [2.75, 3.05) is 17.5 Å². The monoisotopic (exact) mass is 569 g/mol. The number of halogens is 1. The van der Waals surface area contributed by atoms with E-state index in [0.717, 1.165) is 39.7 Å². The Labute approximate surface area is 235 Å². The first-order valence-electron chi connectivity index (χ1n) is 13.1. The van der Waals surface area contributed by atoms with Crippen LogP contribution < -0.4 is 14.4 Å². The molecule has 40 heavy (non-hydrogen) atoms. The first-order chi connectivity index (χ1) is 18.9. The minimum absolute atomic E-state index is 0.0981. The van der Waals surface area contributed by atoms with Crippen LogP contribution >= 0.6 is 0 Å². The SMILES string of the molecule is CCOc1ccc(N(CC(=O)N(Cc2cccc(C)c2)[C@@H](C)C(=O)NC(C)C)S(=O)(=O)c2ccc(F)cc2)cc1. The van der Waals surface area contributed by atoms with Gasteiger partial charge in [0.05, 0.1) is 17.2 Å². The molecule has 0 aliphatic heterocycles. The van der Waals surface area contributed by atoms with E-state index < -0.39 is 34.3 Å².